The molecule has 1 aliphatic carbocycles. The molecular weight excluding hydrogens is 344 g/mol. The summed E-state index contributed by atoms with van der Waals surface area (Å²) in [4.78, 5) is 21.0. The summed E-state index contributed by atoms with van der Waals surface area (Å²) < 4.78 is 9.84. The Bertz CT molecular complexity index is 1150. The fraction of sp³-hybridized carbons (Fsp3) is 0.368. The predicted octanol–water partition coefficient (Wildman–Crippen LogP) is 3.29. The lowest BCUT2D eigenvalue weighted by atomic mass is 10.2. The Kier molecular flexibility index (Phi) is 3.13. The lowest BCUT2D eigenvalue weighted by Crippen LogP contribution is -2.30. The van der Waals surface area contributed by atoms with Crippen molar-refractivity contribution in [2.75, 3.05) is 5.32 Å². The van der Waals surface area contributed by atoms with Crippen LogP contribution in [0, 0.1) is 13.5 Å². The van der Waals surface area contributed by atoms with E-state index in [4.69, 9.17) is 11.3 Å². The number of nitrogens with zero attached hydrogens (tertiary/aromatic N) is 5. The van der Waals surface area contributed by atoms with Gasteiger partial charge in [-0.3, -0.25) is 14.8 Å². The van der Waals surface area contributed by atoms with E-state index >= 15 is 0 Å². The first-order valence-electron chi connectivity index (χ1n) is 8.98. The first kappa shape index (κ1) is 15.9. The number of anilines is 1. The van der Waals surface area contributed by atoms with Crippen molar-refractivity contribution >= 4 is 28.6 Å². The fourth-order valence-corrected chi connectivity index (χ4v) is 3.70. The average Bonchev–Trinajstić information content (AvgIpc) is 3.13. The summed E-state index contributed by atoms with van der Waals surface area (Å²) in [7, 11) is 0. The molecule has 1 saturated carbocycles. The van der Waals surface area contributed by atoms with E-state index in [-0.39, 0.29) is 11.5 Å². The molecule has 0 atom stereocenters. The Labute approximate surface area is 155 Å². The number of hydrogen-bond acceptors (Lipinski definition) is 4. The summed E-state index contributed by atoms with van der Waals surface area (Å²) in [6.07, 6.45) is 1.92. The van der Waals surface area contributed by atoms with Crippen LogP contribution in [0.3, 0.4) is 0 Å². The maximum atomic E-state index is 12.9. The fourth-order valence-electron chi connectivity index (χ4n) is 3.70. The van der Waals surface area contributed by atoms with Crippen LogP contribution < -0.4 is 10.1 Å². The van der Waals surface area contributed by atoms with Gasteiger partial charge in [0.15, 0.2) is 5.69 Å². The second kappa shape index (κ2) is 5.33. The third kappa shape index (κ3) is 2.39. The minimum Gasteiger partial charge on any atom is -0.484 e. The molecule has 2 aliphatic rings. The third-order valence-corrected chi connectivity index (χ3v) is 5.16. The first-order valence-corrected chi connectivity index (χ1v) is 8.98. The van der Waals surface area contributed by atoms with Gasteiger partial charge in [-0.15, -0.1) is 0 Å². The quantitative estimate of drug-likeness (QED) is 0.725. The molecule has 8 heteroatoms. The summed E-state index contributed by atoms with van der Waals surface area (Å²) in [5.74, 6) is 0.909. The van der Waals surface area contributed by atoms with Gasteiger partial charge in [0.2, 0.25) is 5.95 Å². The number of amides is 1. The highest BCUT2D eigenvalue weighted by Crippen LogP contribution is 2.49. The molecule has 5 rings (SSSR count). The minimum absolute atomic E-state index is 0.234. The largest absolute Gasteiger partial charge is 0.484 e. The van der Waals surface area contributed by atoms with Gasteiger partial charge in [0.25, 0.3) is 5.91 Å². The van der Waals surface area contributed by atoms with Crippen LogP contribution in [0.5, 0.6) is 5.75 Å². The van der Waals surface area contributed by atoms with Crippen LogP contribution in [-0.2, 0) is 13.1 Å². The Morgan fingerprint density at radius 2 is 2.22 bits per heavy atom. The monoisotopic (exact) mass is 362 g/mol. The maximum absolute atomic E-state index is 12.9. The average molecular weight is 362 g/mol. The second-order valence-corrected chi connectivity index (χ2v) is 7.17. The molecule has 136 valence electrons. The number of carbonyl (C=O) groups is 1. The third-order valence-electron chi connectivity index (χ3n) is 5.16. The van der Waals surface area contributed by atoms with Crippen LogP contribution in [0.1, 0.15) is 35.9 Å². The van der Waals surface area contributed by atoms with E-state index in [0.717, 1.165) is 24.1 Å². The van der Waals surface area contributed by atoms with Crippen LogP contribution in [-0.4, -0.2) is 30.8 Å². The highest BCUT2D eigenvalue weighted by atomic mass is 16.5. The van der Waals surface area contributed by atoms with E-state index in [1.54, 1.807) is 22.9 Å². The molecule has 8 nitrogen and oxygen atoms in total. The van der Waals surface area contributed by atoms with Crippen LogP contribution in [0.15, 0.2) is 18.2 Å². The zero-order valence-electron chi connectivity index (χ0n) is 15.1. The van der Waals surface area contributed by atoms with Gasteiger partial charge in [0.05, 0.1) is 24.3 Å². The summed E-state index contributed by atoms with van der Waals surface area (Å²) in [6.45, 7) is 12.4. The van der Waals surface area contributed by atoms with E-state index in [1.807, 2.05) is 18.4 Å². The van der Waals surface area contributed by atoms with Crippen molar-refractivity contribution in [2.45, 2.75) is 45.4 Å². The lowest BCUT2D eigenvalue weighted by Gasteiger charge is -2.26. The summed E-state index contributed by atoms with van der Waals surface area (Å²) in [6, 6.07) is 5.26. The Balaban J connectivity index is 1.59. The predicted molar refractivity (Wildman–Crippen MR) is 99.2 cm³/mol. The molecule has 1 fully saturated rings. The van der Waals surface area contributed by atoms with E-state index in [1.165, 1.54) is 0 Å². The highest BCUT2D eigenvalue weighted by Gasteiger charge is 2.49. The van der Waals surface area contributed by atoms with E-state index in [0.29, 0.717) is 41.7 Å². The zero-order valence-corrected chi connectivity index (χ0v) is 15.1. The molecule has 1 spiro atoms. The van der Waals surface area contributed by atoms with Crippen LogP contribution in [0.25, 0.3) is 15.9 Å². The topological polar surface area (TPSA) is 78.3 Å². The zero-order chi connectivity index (χ0) is 18.8. The molecule has 3 aromatic rings. The Hall–Kier alpha value is -3.34. The van der Waals surface area contributed by atoms with Gasteiger partial charge in [-0.2, -0.15) is 5.10 Å². The Morgan fingerprint density at radius 3 is 2.93 bits per heavy atom. The first-order chi connectivity index (χ1) is 13.0. The van der Waals surface area contributed by atoms with Gasteiger partial charge < -0.3 is 9.30 Å². The Morgan fingerprint density at radius 1 is 1.41 bits per heavy atom. The van der Waals surface area contributed by atoms with Crippen LogP contribution in [0.4, 0.5) is 11.6 Å². The molecule has 1 amide bonds. The number of aromatic nitrogens is 4. The number of hydrogen-bond donors (Lipinski definition) is 1. The normalized spacial score (nSPS) is 16.2. The molecule has 0 saturated heterocycles. The minimum atomic E-state index is -0.243. The number of aryl methyl sites for hydroxylation is 2. The highest BCUT2D eigenvalue weighted by molar-refractivity contribution is 6.03. The van der Waals surface area contributed by atoms with Gasteiger partial charge in [-0.05, 0) is 44.9 Å². The number of carbonyl (C=O) groups excluding carboxylic acids is 1. The van der Waals surface area contributed by atoms with Gasteiger partial charge >= 0.3 is 0 Å². The van der Waals surface area contributed by atoms with Crippen molar-refractivity contribution in [3.05, 3.63) is 41.0 Å². The second-order valence-electron chi connectivity index (χ2n) is 7.17. The molecule has 3 heterocycles. The molecule has 2 aromatic heterocycles. The SMILES string of the molecule is [C-]#[N+]c1cc2c3c(c1)nc(NC(=O)c1cc(C)nn1CC)n3CC1(CC1)O2. The summed E-state index contributed by atoms with van der Waals surface area (Å²) >= 11 is 0. The van der Waals surface area contributed by atoms with Crippen LogP contribution >= 0.6 is 0 Å². The number of imidazole rings is 1. The van der Waals surface area contributed by atoms with Gasteiger partial charge in [-0.1, -0.05) is 0 Å². The molecule has 27 heavy (non-hydrogen) atoms. The maximum Gasteiger partial charge on any atom is 0.276 e. The van der Waals surface area contributed by atoms with Crippen molar-refractivity contribution < 1.29 is 9.53 Å². The molecule has 0 unspecified atom stereocenters. The number of nitrogens with one attached hydrogen (secondary N) is 1. The van der Waals surface area contributed by atoms with Gasteiger partial charge in [-0.25, -0.2) is 9.83 Å². The van der Waals surface area contributed by atoms with Gasteiger partial charge in [0, 0.05) is 6.54 Å². The molecule has 1 N–H and O–H groups in total. The van der Waals surface area contributed by atoms with E-state index < -0.39 is 0 Å². The van der Waals surface area contributed by atoms with E-state index in [2.05, 4.69) is 20.2 Å². The number of rotatable bonds is 3. The standard InChI is InChI=1S/C19H18N6O2/c1-4-25-14(7-11(2)23-25)17(26)22-18-21-13-8-12(20-3)9-15-16(13)24(18)10-19(27-15)5-6-19/h7-9H,4-6,10H2,1-2H3,(H,21,22,26). The lowest BCUT2D eigenvalue weighted by molar-refractivity contribution is 0.101. The van der Waals surface area contributed by atoms with E-state index in [9.17, 15) is 4.79 Å². The smallest absolute Gasteiger partial charge is 0.276 e. The summed E-state index contributed by atoms with van der Waals surface area (Å²) in [5, 5.41) is 7.27. The number of ether oxygens (including phenoxy) is 1. The molecular formula is C19H18N6O2. The molecule has 0 radical (unpaired) electrons. The molecule has 0 bridgehead atoms. The van der Waals surface area contributed by atoms with Crippen molar-refractivity contribution in [2.24, 2.45) is 0 Å². The van der Waals surface area contributed by atoms with Crippen LogP contribution in [0.2, 0.25) is 0 Å². The molecule has 1 aliphatic heterocycles. The van der Waals surface area contributed by atoms with Gasteiger partial charge in [0.1, 0.15) is 22.6 Å². The number of benzene rings is 1. The molecule has 1 aromatic carbocycles. The van der Waals surface area contributed by atoms with Crippen molar-refractivity contribution in [3.8, 4) is 5.75 Å². The van der Waals surface area contributed by atoms with Crippen molar-refractivity contribution in [1.82, 2.24) is 19.3 Å². The summed E-state index contributed by atoms with van der Waals surface area (Å²) in [5.41, 5.74) is 3.04. The van der Waals surface area contributed by atoms with Crippen molar-refractivity contribution in [3.63, 3.8) is 0 Å². The van der Waals surface area contributed by atoms with Crippen molar-refractivity contribution in [1.29, 1.82) is 0 Å².